The highest BCUT2D eigenvalue weighted by Crippen LogP contribution is 2.20. The monoisotopic (exact) mass is 246 g/mol. The molecule has 0 saturated heterocycles. The molecule has 1 aromatic carbocycles. The average molecular weight is 247 g/mol. The van der Waals surface area contributed by atoms with E-state index in [0.29, 0.717) is 5.15 Å². The van der Waals surface area contributed by atoms with Crippen molar-refractivity contribution in [1.29, 1.82) is 0 Å². The number of hydrogen-bond donors (Lipinski definition) is 0. The fourth-order valence-corrected chi connectivity index (χ4v) is 2.09. The second kappa shape index (κ2) is 5.19. The zero-order valence-electron chi connectivity index (χ0n) is 10.0. The third kappa shape index (κ3) is 2.98. The molecule has 0 unspecified atom stereocenters. The Morgan fingerprint density at radius 3 is 2.71 bits per heavy atom. The summed E-state index contributed by atoms with van der Waals surface area (Å²) in [5, 5.41) is 0.542. The van der Waals surface area contributed by atoms with Crippen LogP contribution in [0, 0.1) is 6.92 Å². The lowest BCUT2D eigenvalue weighted by molar-refractivity contribution is 0.914. The van der Waals surface area contributed by atoms with Gasteiger partial charge in [-0.25, -0.2) is 4.98 Å². The fourth-order valence-electron chi connectivity index (χ4n) is 1.89. The quantitative estimate of drug-likeness (QED) is 0.768. The van der Waals surface area contributed by atoms with Crippen LogP contribution >= 0.6 is 11.6 Å². The Hall–Kier alpha value is -1.54. The van der Waals surface area contributed by atoms with Crippen molar-refractivity contribution in [1.82, 2.24) is 4.98 Å². The first kappa shape index (κ1) is 11.9. The molecule has 2 rings (SSSR count). The maximum absolute atomic E-state index is 5.88. The van der Waals surface area contributed by atoms with Crippen LogP contribution in [-0.4, -0.2) is 12.0 Å². The topological polar surface area (TPSA) is 16.1 Å². The lowest BCUT2D eigenvalue weighted by Gasteiger charge is -2.21. The molecule has 0 aliphatic heterocycles. The number of hydrogen-bond acceptors (Lipinski definition) is 2. The van der Waals surface area contributed by atoms with Crippen molar-refractivity contribution in [3.63, 3.8) is 0 Å². The lowest BCUT2D eigenvalue weighted by Crippen LogP contribution is -2.17. The minimum atomic E-state index is 0.542. The summed E-state index contributed by atoms with van der Waals surface area (Å²) in [7, 11) is 2.08. The molecule has 3 heteroatoms. The molecule has 0 spiro atoms. The van der Waals surface area contributed by atoms with Crippen molar-refractivity contribution in [2.45, 2.75) is 13.5 Å². The number of halogens is 1. The van der Waals surface area contributed by atoms with E-state index < -0.39 is 0 Å². The molecule has 0 aliphatic rings. The van der Waals surface area contributed by atoms with E-state index in [1.807, 2.05) is 12.1 Å². The summed E-state index contributed by atoms with van der Waals surface area (Å²) < 4.78 is 0. The van der Waals surface area contributed by atoms with E-state index in [4.69, 9.17) is 11.6 Å². The van der Waals surface area contributed by atoms with Crippen molar-refractivity contribution in [3.05, 3.63) is 58.9 Å². The Balaban J connectivity index is 2.17. The number of aryl methyl sites for hydroxylation is 1. The molecule has 0 saturated carbocycles. The number of nitrogens with zero attached hydrogens (tertiary/aromatic N) is 2. The van der Waals surface area contributed by atoms with Gasteiger partial charge in [0.25, 0.3) is 0 Å². The van der Waals surface area contributed by atoms with Crippen LogP contribution in [0.5, 0.6) is 0 Å². The van der Waals surface area contributed by atoms with E-state index in [2.05, 4.69) is 48.1 Å². The van der Waals surface area contributed by atoms with Gasteiger partial charge in [0.1, 0.15) is 5.15 Å². The van der Waals surface area contributed by atoms with Crippen LogP contribution in [0.15, 0.2) is 42.6 Å². The summed E-state index contributed by atoms with van der Waals surface area (Å²) in [6.07, 6.45) is 1.74. The van der Waals surface area contributed by atoms with Gasteiger partial charge < -0.3 is 4.90 Å². The van der Waals surface area contributed by atoms with Gasteiger partial charge in [0.15, 0.2) is 0 Å². The zero-order chi connectivity index (χ0) is 12.3. The zero-order valence-corrected chi connectivity index (χ0v) is 10.8. The number of benzene rings is 1. The van der Waals surface area contributed by atoms with Gasteiger partial charge in [0.2, 0.25) is 0 Å². The third-order valence-electron chi connectivity index (χ3n) is 2.74. The minimum Gasteiger partial charge on any atom is -0.370 e. The summed E-state index contributed by atoms with van der Waals surface area (Å²) in [5.74, 6) is 0. The molecular weight excluding hydrogens is 232 g/mol. The van der Waals surface area contributed by atoms with Crippen LogP contribution in [0.3, 0.4) is 0 Å². The lowest BCUT2D eigenvalue weighted by atomic mass is 10.1. The highest BCUT2D eigenvalue weighted by Gasteiger charge is 2.04. The van der Waals surface area contributed by atoms with Crippen LogP contribution in [0.25, 0.3) is 0 Å². The van der Waals surface area contributed by atoms with Gasteiger partial charge in [-0.05, 0) is 36.2 Å². The Morgan fingerprint density at radius 1 is 1.24 bits per heavy atom. The summed E-state index contributed by atoms with van der Waals surface area (Å²) in [5.41, 5.74) is 3.67. The maximum atomic E-state index is 5.88. The van der Waals surface area contributed by atoms with Gasteiger partial charge in [-0.3, -0.25) is 0 Å². The molecule has 0 N–H and O–H groups in total. The first-order chi connectivity index (χ1) is 8.16. The molecule has 0 fully saturated rings. The Labute approximate surface area is 107 Å². The van der Waals surface area contributed by atoms with E-state index in [1.54, 1.807) is 6.20 Å². The molecule has 1 aromatic heterocycles. The standard InChI is InChI=1S/C14H15ClN2/c1-11-5-3-4-6-13(11)17(2)10-12-7-8-16-14(15)9-12/h3-9H,10H2,1-2H3. The normalized spacial score (nSPS) is 10.3. The largest absolute Gasteiger partial charge is 0.370 e. The molecule has 0 amide bonds. The van der Waals surface area contributed by atoms with Gasteiger partial charge in [-0.15, -0.1) is 0 Å². The number of pyridine rings is 1. The van der Waals surface area contributed by atoms with Gasteiger partial charge in [-0.2, -0.15) is 0 Å². The number of para-hydroxylation sites is 1. The van der Waals surface area contributed by atoms with E-state index in [1.165, 1.54) is 11.3 Å². The molecule has 0 aliphatic carbocycles. The Bertz CT molecular complexity index is 511. The van der Waals surface area contributed by atoms with Crippen molar-refractivity contribution in [3.8, 4) is 0 Å². The second-order valence-corrected chi connectivity index (χ2v) is 4.52. The van der Waals surface area contributed by atoms with Crippen molar-refractivity contribution in [2.24, 2.45) is 0 Å². The Morgan fingerprint density at radius 2 is 2.00 bits per heavy atom. The van der Waals surface area contributed by atoms with Gasteiger partial charge in [0.05, 0.1) is 0 Å². The van der Waals surface area contributed by atoms with Gasteiger partial charge >= 0.3 is 0 Å². The molecule has 2 nitrogen and oxygen atoms in total. The van der Waals surface area contributed by atoms with E-state index >= 15 is 0 Å². The average Bonchev–Trinajstić information content (AvgIpc) is 2.29. The van der Waals surface area contributed by atoms with E-state index in [9.17, 15) is 0 Å². The van der Waals surface area contributed by atoms with Crippen LogP contribution in [0.4, 0.5) is 5.69 Å². The van der Waals surface area contributed by atoms with Crippen LogP contribution in [0.2, 0.25) is 5.15 Å². The van der Waals surface area contributed by atoms with Gasteiger partial charge in [-0.1, -0.05) is 29.8 Å². The molecule has 0 radical (unpaired) electrons. The predicted octanol–water partition coefficient (Wildman–Crippen LogP) is 3.68. The SMILES string of the molecule is Cc1ccccc1N(C)Cc1ccnc(Cl)c1. The molecule has 1 heterocycles. The third-order valence-corrected chi connectivity index (χ3v) is 2.94. The van der Waals surface area contributed by atoms with Crippen molar-refractivity contribution in [2.75, 3.05) is 11.9 Å². The number of aromatic nitrogens is 1. The molecule has 0 bridgehead atoms. The predicted molar refractivity (Wildman–Crippen MR) is 72.5 cm³/mol. The molecular formula is C14H15ClN2. The summed E-state index contributed by atoms with van der Waals surface area (Å²) >= 11 is 5.88. The highest BCUT2D eigenvalue weighted by atomic mass is 35.5. The van der Waals surface area contributed by atoms with Crippen LogP contribution in [0.1, 0.15) is 11.1 Å². The summed E-state index contributed by atoms with van der Waals surface area (Å²) in [4.78, 5) is 6.19. The highest BCUT2D eigenvalue weighted by molar-refractivity contribution is 6.29. The molecule has 2 aromatic rings. The van der Waals surface area contributed by atoms with Gasteiger partial charge in [0, 0.05) is 25.5 Å². The number of rotatable bonds is 3. The first-order valence-corrected chi connectivity index (χ1v) is 5.92. The minimum absolute atomic E-state index is 0.542. The second-order valence-electron chi connectivity index (χ2n) is 4.13. The van der Waals surface area contributed by atoms with E-state index in [-0.39, 0.29) is 0 Å². The van der Waals surface area contributed by atoms with Crippen molar-refractivity contribution < 1.29 is 0 Å². The fraction of sp³-hybridized carbons (Fsp3) is 0.214. The van der Waals surface area contributed by atoms with Crippen LogP contribution < -0.4 is 4.90 Å². The first-order valence-electron chi connectivity index (χ1n) is 5.54. The number of anilines is 1. The van der Waals surface area contributed by atoms with E-state index in [0.717, 1.165) is 12.1 Å². The summed E-state index contributed by atoms with van der Waals surface area (Å²) in [6.45, 7) is 2.94. The smallest absolute Gasteiger partial charge is 0.129 e. The molecule has 88 valence electrons. The molecule has 0 atom stereocenters. The Kier molecular flexibility index (Phi) is 3.64. The van der Waals surface area contributed by atoms with Crippen molar-refractivity contribution >= 4 is 17.3 Å². The van der Waals surface area contributed by atoms with Crippen LogP contribution in [-0.2, 0) is 6.54 Å². The maximum Gasteiger partial charge on any atom is 0.129 e. The summed E-state index contributed by atoms with van der Waals surface area (Å²) in [6, 6.07) is 12.2. The molecule has 17 heavy (non-hydrogen) atoms.